The maximum Gasteiger partial charge on any atom is 0.424 e. The molecule has 0 aliphatic carbocycles. The van der Waals surface area contributed by atoms with E-state index in [1.807, 2.05) is 4.90 Å². The van der Waals surface area contributed by atoms with Gasteiger partial charge >= 0.3 is 18.3 Å². The van der Waals surface area contributed by atoms with Gasteiger partial charge in [0, 0.05) is 19.0 Å². The summed E-state index contributed by atoms with van der Waals surface area (Å²) in [5.41, 5.74) is -1.82. The molecule has 0 bridgehead atoms. The molecule has 0 unspecified atom stereocenters. The highest BCUT2D eigenvalue weighted by molar-refractivity contribution is 7.86. The van der Waals surface area contributed by atoms with Crippen LogP contribution in [-0.2, 0) is 28.5 Å². The third kappa shape index (κ3) is 11.1. The number of alkyl carbamates (subject to hydrolysis) is 1. The van der Waals surface area contributed by atoms with E-state index in [-0.39, 0.29) is 25.3 Å². The summed E-state index contributed by atoms with van der Waals surface area (Å²) in [6.45, 7) is 17.5. The quantitative estimate of drug-likeness (QED) is 0.350. The zero-order chi connectivity index (χ0) is 31.6. The second-order valence-electron chi connectivity index (χ2n) is 13.2. The van der Waals surface area contributed by atoms with Crippen LogP contribution < -0.4 is 10.6 Å². The molecule has 13 nitrogen and oxygen atoms in total. The van der Waals surface area contributed by atoms with Gasteiger partial charge in [0.2, 0.25) is 0 Å². The average Bonchev–Trinajstić information content (AvgIpc) is 2.71. The first kappa shape index (κ1) is 34.2. The number of hydrogen-bond donors (Lipinski definition) is 2. The fraction of sp³-hybridized carbons (Fsp3) is 0.741. The Morgan fingerprint density at radius 3 is 1.90 bits per heavy atom. The molecule has 2 aliphatic heterocycles. The lowest BCUT2D eigenvalue weighted by molar-refractivity contribution is 0.00579. The summed E-state index contributed by atoms with van der Waals surface area (Å²) >= 11 is 0. The first-order chi connectivity index (χ1) is 18.5. The number of allylic oxidation sites excluding steroid dienone is 1. The number of hydrogen-bond acceptors (Lipinski definition) is 11. The van der Waals surface area contributed by atoms with Gasteiger partial charge in [0.05, 0.1) is 30.2 Å². The fourth-order valence-electron chi connectivity index (χ4n) is 4.28. The van der Waals surface area contributed by atoms with Crippen LogP contribution in [0.3, 0.4) is 0 Å². The Bertz CT molecular complexity index is 1130. The van der Waals surface area contributed by atoms with E-state index in [2.05, 4.69) is 10.6 Å². The normalized spacial score (nSPS) is 22.0. The lowest BCUT2D eigenvalue weighted by atomic mass is 9.91. The zero-order valence-electron chi connectivity index (χ0n) is 26.0. The number of piperidine rings is 1. The SMILES string of the molecule is C[C@H]1CN(C2=C(N(C(=O)OC(C)(C)C)C(=O)OC(C)(C)C)CNC=C2)C[C@@H](NC(=O)OC(C)(C)C)[C@@H]1OS(C)(=O)=O. The topological polar surface area (TPSA) is 153 Å². The van der Waals surface area contributed by atoms with Gasteiger partial charge in [-0.1, -0.05) is 6.92 Å². The van der Waals surface area contributed by atoms with E-state index in [1.165, 1.54) is 0 Å². The predicted molar refractivity (Wildman–Crippen MR) is 152 cm³/mol. The van der Waals surface area contributed by atoms with Gasteiger partial charge in [0.15, 0.2) is 0 Å². The number of nitrogens with one attached hydrogen (secondary N) is 2. The molecule has 2 aliphatic rings. The Morgan fingerprint density at radius 1 is 0.927 bits per heavy atom. The Morgan fingerprint density at radius 2 is 1.44 bits per heavy atom. The highest BCUT2D eigenvalue weighted by Crippen LogP contribution is 2.30. The standard InChI is InChI=1S/C27H46N4O9S/c1-17-15-30(16-18(21(17)40-41(11,35)36)29-22(32)37-25(2,3)4)19-12-13-28-14-20(19)31(23(33)38-26(5,6)7)24(34)39-27(8,9)10/h12-13,17-18,21,28H,14-16H2,1-11H3,(H,29,32)/t17-,18+,21+/m0/s1. The summed E-state index contributed by atoms with van der Waals surface area (Å²) in [7, 11) is -3.86. The van der Waals surface area contributed by atoms with Gasteiger partial charge in [0.25, 0.3) is 10.1 Å². The molecular formula is C27H46N4O9S. The van der Waals surface area contributed by atoms with Crippen LogP contribution in [0.4, 0.5) is 14.4 Å². The number of ether oxygens (including phenoxy) is 3. The zero-order valence-corrected chi connectivity index (χ0v) is 26.8. The largest absolute Gasteiger partial charge is 0.444 e. The Balaban J connectivity index is 2.56. The first-order valence-corrected chi connectivity index (χ1v) is 15.3. The van der Waals surface area contributed by atoms with Crippen molar-refractivity contribution in [2.75, 3.05) is 25.9 Å². The van der Waals surface area contributed by atoms with Crippen molar-refractivity contribution >= 4 is 28.4 Å². The van der Waals surface area contributed by atoms with Crippen LogP contribution in [0.2, 0.25) is 0 Å². The average molecular weight is 603 g/mol. The highest BCUT2D eigenvalue weighted by Gasteiger charge is 2.42. The number of amides is 3. The molecule has 14 heteroatoms. The lowest BCUT2D eigenvalue weighted by Gasteiger charge is -2.44. The second kappa shape index (κ2) is 12.5. The smallest absolute Gasteiger partial charge is 0.424 e. The molecule has 0 radical (unpaired) electrons. The van der Waals surface area contributed by atoms with E-state index >= 15 is 0 Å². The molecule has 234 valence electrons. The van der Waals surface area contributed by atoms with Crippen molar-refractivity contribution in [3.63, 3.8) is 0 Å². The van der Waals surface area contributed by atoms with Gasteiger partial charge in [0.1, 0.15) is 22.9 Å². The van der Waals surface area contributed by atoms with Crippen molar-refractivity contribution in [3.05, 3.63) is 23.7 Å². The summed E-state index contributed by atoms with van der Waals surface area (Å²) in [5.74, 6) is -0.410. The summed E-state index contributed by atoms with van der Waals surface area (Å²) in [6.07, 6.45) is 0.851. The number of nitrogens with zero attached hydrogens (tertiary/aromatic N) is 2. The highest BCUT2D eigenvalue weighted by atomic mass is 32.2. The van der Waals surface area contributed by atoms with E-state index in [0.29, 0.717) is 5.70 Å². The minimum Gasteiger partial charge on any atom is -0.444 e. The maximum atomic E-state index is 13.4. The third-order valence-corrected chi connectivity index (χ3v) is 6.13. The molecule has 3 atom stereocenters. The lowest BCUT2D eigenvalue weighted by Crippen LogP contribution is -2.60. The summed E-state index contributed by atoms with van der Waals surface area (Å²) < 4.78 is 46.1. The molecule has 1 saturated heterocycles. The van der Waals surface area contributed by atoms with E-state index in [0.717, 1.165) is 11.2 Å². The molecule has 0 aromatic carbocycles. The number of carbonyl (C=O) groups is 3. The molecule has 0 spiro atoms. The van der Waals surface area contributed by atoms with Crippen LogP contribution in [0, 0.1) is 5.92 Å². The first-order valence-electron chi connectivity index (χ1n) is 13.5. The monoisotopic (exact) mass is 602 g/mol. The van der Waals surface area contributed by atoms with Crippen LogP contribution in [0.25, 0.3) is 0 Å². The summed E-state index contributed by atoms with van der Waals surface area (Å²) in [6, 6.07) is -0.822. The van der Waals surface area contributed by atoms with Gasteiger partial charge in [-0.2, -0.15) is 13.3 Å². The minimum absolute atomic E-state index is 0.0859. The van der Waals surface area contributed by atoms with E-state index in [1.54, 1.807) is 81.5 Å². The molecule has 41 heavy (non-hydrogen) atoms. The van der Waals surface area contributed by atoms with Crippen molar-refractivity contribution in [2.24, 2.45) is 5.92 Å². The number of likely N-dealkylation sites (tertiary alicyclic amines) is 1. The van der Waals surface area contributed by atoms with E-state index in [9.17, 15) is 22.8 Å². The fourth-order valence-corrected chi connectivity index (χ4v) is 5.01. The van der Waals surface area contributed by atoms with E-state index in [4.69, 9.17) is 18.4 Å². The van der Waals surface area contributed by atoms with Crippen molar-refractivity contribution in [3.8, 4) is 0 Å². The van der Waals surface area contributed by atoms with Gasteiger partial charge in [-0.25, -0.2) is 14.4 Å². The molecule has 0 aromatic heterocycles. The number of carbonyl (C=O) groups excluding carboxylic acids is 3. The summed E-state index contributed by atoms with van der Waals surface area (Å²) in [5, 5.41) is 5.77. The van der Waals surface area contributed by atoms with Gasteiger partial charge in [-0.3, -0.25) is 4.18 Å². The predicted octanol–water partition coefficient (Wildman–Crippen LogP) is 3.68. The van der Waals surface area contributed by atoms with Gasteiger partial charge < -0.3 is 29.7 Å². The second-order valence-corrected chi connectivity index (χ2v) is 14.8. The molecule has 2 N–H and O–H groups in total. The van der Waals surface area contributed by atoms with Crippen molar-refractivity contribution in [1.29, 1.82) is 0 Å². The summed E-state index contributed by atoms with van der Waals surface area (Å²) in [4.78, 5) is 42.2. The Labute approximate surface area is 243 Å². The van der Waals surface area contributed by atoms with Crippen LogP contribution >= 0.6 is 0 Å². The van der Waals surface area contributed by atoms with Crippen LogP contribution in [0.5, 0.6) is 0 Å². The van der Waals surface area contributed by atoms with Crippen LogP contribution in [0.15, 0.2) is 23.7 Å². The number of dihydropyridines is 1. The van der Waals surface area contributed by atoms with E-state index < -0.39 is 63.3 Å². The molecule has 2 rings (SSSR count). The van der Waals surface area contributed by atoms with Crippen molar-refractivity contribution < 1.29 is 41.2 Å². The van der Waals surface area contributed by atoms with Crippen LogP contribution in [-0.4, -0.2) is 91.3 Å². The van der Waals surface area contributed by atoms with Crippen molar-refractivity contribution in [2.45, 2.75) is 98.2 Å². The molecule has 0 aromatic rings. The number of imide groups is 1. The molecule has 2 heterocycles. The van der Waals surface area contributed by atoms with Gasteiger partial charge in [-0.15, -0.1) is 0 Å². The van der Waals surface area contributed by atoms with Crippen molar-refractivity contribution in [1.82, 2.24) is 20.4 Å². The number of rotatable bonds is 5. The molecule has 0 saturated carbocycles. The van der Waals surface area contributed by atoms with Crippen LogP contribution in [0.1, 0.15) is 69.2 Å². The molecule has 1 fully saturated rings. The molecule has 3 amide bonds. The third-order valence-electron chi connectivity index (χ3n) is 5.56. The minimum atomic E-state index is -3.86. The molecular weight excluding hydrogens is 556 g/mol. The Hall–Kier alpha value is -3.00. The van der Waals surface area contributed by atoms with Gasteiger partial charge in [-0.05, 0) is 74.6 Å². The Kier molecular flexibility index (Phi) is 10.4. The maximum absolute atomic E-state index is 13.4.